The van der Waals surface area contributed by atoms with Crippen molar-refractivity contribution in [3.05, 3.63) is 98.9 Å². The van der Waals surface area contributed by atoms with Gasteiger partial charge in [-0.3, -0.25) is 9.59 Å². The Morgan fingerprint density at radius 1 is 0.765 bits per heavy atom. The molecule has 4 rings (SSSR count). The van der Waals surface area contributed by atoms with Gasteiger partial charge in [0.05, 0.1) is 0 Å². The molecule has 2 heterocycles. The molecule has 0 bridgehead atoms. The highest BCUT2D eigenvalue weighted by molar-refractivity contribution is 5.94. The van der Waals surface area contributed by atoms with Crippen molar-refractivity contribution in [2.24, 2.45) is 0 Å². The van der Waals surface area contributed by atoms with Gasteiger partial charge in [-0.15, -0.1) is 0 Å². The van der Waals surface area contributed by atoms with Crippen LogP contribution in [0.5, 0.6) is 0 Å². The Bertz CT molecular complexity index is 1200. The number of rotatable bonds is 6. The third-order valence-corrected chi connectivity index (χ3v) is 6.70. The van der Waals surface area contributed by atoms with Gasteiger partial charge in [-0.25, -0.2) is 0 Å². The van der Waals surface area contributed by atoms with Gasteiger partial charge in [-0.05, 0) is 50.6 Å². The Morgan fingerprint density at radius 2 is 1.24 bits per heavy atom. The van der Waals surface area contributed by atoms with Gasteiger partial charge in [-0.1, -0.05) is 35.4 Å². The summed E-state index contributed by atoms with van der Waals surface area (Å²) in [4.78, 5) is 25.4. The van der Waals surface area contributed by atoms with E-state index in [0.29, 0.717) is 24.2 Å². The van der Waals surface area contributed by atoms with Crippen LogP contribution in [0.3, 0.4) is 0 Å². The molecular weight excluding hydrogens is 446 g/mol. The second kappa shape index (κ2) is 10.8. The van der Waals surface area contributed by atoms with E-state index >= 15 is 0 Å². The second-order valence-electron chi connectivity index (χ2n) is 8.97. The van der Waals surface area contributed by atoms with Crippen LogP contribution in [0.25, 0.3) is 0 Å². The minimum atomic E-state index is -0.0754. The molecule has 0 saturated carbocycles. The lowest BCUT2D eigenvalue weighted by Gasteiger charge is -2.16. The van der Waals surface area contributed by atoms with E-state index in [4.69, 9.17) is 0 Å². The van der Waals surface area contributed by atoms with Crippen molar-refractivity contribution in [3.63, 3.8) is 0 Å². The molecule has 0 saturated heterocycles. The molecule has 0 fully saturated rings. The normalized spacial score (nSPS) is 12.0. The lowest BCUT2D eigenvalue weighted by atomic mass is 9.98. The Labute approximate surface area is 208 Å². The van der Waals surface area contributed by atoms with Crippen LogP contribution < -0.4 is 27.6 Å². The molecular formula is C28H32ClN3O2. The molecule has 178 valence electrons. The Kier molecular flexibility index (Phi) is 8.11. The maximum Gasteiger partial charge on any atom is 0.251 e. The fraction of sp³-hybridized carbons (Fsp3) is 0.321. The highest BCUT2D eigenvalue weighted by Crippen LogP contribution is 2.23. The predicted molar refractivity (Wildman–Crippen MR) is 129 cm³/mol. The van der Waals surface area contributed by atoms with Gasteiger partial charge >= 0.3 is 0 Å². The molecule has 2 N–H and O–H groups in total. The van der Waals surface area contributed by atoms with Crippen LogP contribution in [-0.2, 0) is 26.1 Å². The monoisotopic (exact) mass is 477 g/mol. The molecule has 34 heavy (non-hydrogen) atoms. The molecule has 0 unspecified atom stereocenters. The Hall–Kier alpha value is -3.18. The van der Waals surface area contributed by atoms with Crippen LogP contribution in [0.2, 0.25) is 0 Å². The number of nitrogens with one attached hydrogen (secondary N) is 2. The van der Waals surface area contributed by atoms with E-state index in [1.165, 1.54) is 11.4 Å². The summed E-state index contributed by atoms with van der Waals surface area (Å²) in [5.74, 6) is -0.144. The summed E-state index contributed by atoms with van der Waals surface area (Å²) in [6.45, 7) is 10.2. The van der Waals surface area contributed by atoms with Crippen molar-refractivity contribution < 1.29 is 26.6 Å². The van der Waals surface area contributed by atoms with E-state index < -0.39 is 0 Å². The van der Waals surface area contributed by atoms with Crippen molar-refractivity contribution in [1.29, 1.82) is 0 Å². The summed E-state index contributed by atoms with van der Waals surface area (Å²) in [5.41, 5.74) is 9.52. The van der Waals surface area contributed by atoms with E-state index in [1.54, 1.807) is 0 Å². The standard InChI is InChI=1S/C28H31N3O2.ClH/c1-18-7-11-22(12-8-18)27(32)29-16-24-20(3)25(26-6-5-15-31(26)21(24)4)17-30-28(33)23-13-9-19(2)10-14-23;/h7-14H,5-6,15-17H2,1-4H3,(H-,29,30,32,33);1H. The highest BCUT2D eigenvalue weighted by Gasteiger charge is 2.30. The lowest BCUT2D eigenvalue weighted by molar-refractivity contribution is -0.697. The number of carbonyl (C=O) groups is 2. The Morgan fingerprint density at radius 3 is 1.74 bits per heavy atom. The third kappa shape index (κ3) is 5.31. The average Bonchev–Trinajstić information content (AvgIpc) is 3.29. The summed E-state index contributed by atoms with van der Waals surface area (Å²) in [5, 5.41) is 6.20. The van der Waals surface area contributed by atoms with Gasteiger partial charge in [0.15, 0.2) is 11.4 Å². The van der Waals surface area contributed by atoms with Gasteiger partial charge in [0.2, 0.25) is 0 Å². The smallest absolute Gasteiger partial charge is 0.251 e. The van der Waals surface area contributed by atoms with Gasteiger partial charge in [0.25, 0.3) is 11.8 Å². The molecule has 0 atom stereocenters. The number of fused-ring (bicyclic) bond motifs is 1. The van der Waals surface area contributed by atoms with Gasteiger partial charge in [0.1, 0.15) is 6.54 Å². The molecule has 1 aliphatic rings. The van der Waals surface area contributed by atoms with Crippen molar-refractivity contribution in [2.75, 3.05) is 0 Å². The van der Waals surface area contributed by atoms with Crippen molar-refractivity contribution in [1.82, 2.24) is 10.6 Å². The number of aryl methyl sites for hydroxylation is 2. The SMILES string of the molecule is Cc1ccc(C(=O)NCc2c(C)c(CNC(=O)c3ccc(C)cc3)c3[n+](c2C)CCC3)cc1.[Cl-]. The maximum absolute atomic E-state index is 12.7. The molecule has 5 nitrogen and oxygen atoms in total. The zero-order valence-corrected chi connectivity index (χ0v) is 21.1. The number of nitrogens with zero attached hydrogens (tertiary/aromatic N) is 1. The van der Waals surface area contributed by atoms with Crippen LogP contribution in [0.4, 0.5) is 0 Å². The fourth-order valence-corrected chi connectivity index (χ4v) is 4.64. The number of benzene rings is 2. The van der Waals surface area contributed by atoms with E-state index in [2.05, 4.69) is 29.0 Å². The quantitative estimate of drug-likeness (QED) is 0.521. The molecule has 3 aromatic rings. The molecule has 2 aromatic carbocycles. The first kappa shape index (κ1) is 25.4. The van der Waals surface area contributed by atoms with Crippen molar-refractivity contribution >= 4 is 11.8 Å². The topological polar surface area (TPSA) is 62.1 Å². The summed E-state index contributed by atoms with van der Waals surface area (Å²) < 4.78 is 2.35. The van der Waals surface area contributed by atoms with Crippen LogP contribution in [-0.4, -0.2) is 11.8 Å². The van der Waals surface area contributed by atoms with Crippen LogP contribution in [0.15, 0.2) is 48.5 Å². The number of hydrogen-bond acceptors (Lipinski definition) is 2. The minimum absolute atomic E-state index is 0. The predicted octanol–water partition coefficient (Wildman–Crippen LogP) is 1.02. The number of carbonyl (C=O) groups excluding carboxylic acids is 2. The van der Waals surface area contributed by atoms with Gasteiger partial charge in [-0.2, -0.15) is 4.57 Å². The first-order valence-electron chi connectivity index (χ1n) is 11.6. The molecule has 0 spiro atoms. The highest BCUT2D eigenvalue weighted by atomic mass is 35.5. The third-order valence-electron chi connectivity index (χ3n) is 6.70. The number of amides is 2. The summed E-state index contributed by atoms with van der Waals surface area (Å²) >= 11 is 0. The Balaban J connectivity index is 0.00000324. The summed E-state index contributed by atoms with van der Waals surface area (Å²) in [7, 11) is 0. The van der Waals surface area contributed by atoms with Crippen LogP contribution in [0.1, 0.15) is 66.3 Å². The van der Waals surface area contributed by atoms with Crippen LogP contribution >= 0.6 is 0 Å². The minimum Gasteiger partial charge on any atom is -1.00 e. The van der Waals surface area contributed by atoms with E-state index in [0.717, 1.165) is 47.2 Å². The molecule has 0 aliphatic carbocycles. The van der Waals surface area contributed by atoms with Gasteiger partial charge < -0.3 is 23.0 Å². The first-order chi connectivity index (χ1) is 15.8. The molecule has 6 heteroatoms. The molecule has 1 aromatic heterocycles. The number of pyridine rings is 1. The average molecular weight is 478 g/mol. The summed E-state index contributed by atoms with van der Waals surface area (Å²) in [6, 6.07) is 15.2. The van der Waals surface area contributed by atoms with Crippen molar-refractivity contribution in [3.8, 4) is 0 Å². The first-order valence-corrected chi connectivity index (χ1v) is 11.6. The molecule has 0 radical (unpaired) electrons. The number of hydrogen-bond donors (Lipinski definition) is 2. The zero-order valence-electron chi connectivity index (χ0n) is 20.3. The van der Waals surface area contributed by atoms with E-state index in [-0.39, 0.29) is 24.2 Å². The van der Waals surface area contributed by atoms with E-state index in [1.807, 2.05) is 62.4 Å². The van der Waals surface area contributed by atoms with E-state index in [9.17, 15) is 9.59 Å². The van der Waals surface area contributed by atoms with Gasteiger partial charge in [0, 0.05) is 55.1 Å². The maximum atomic E-state index is 12.7. The number of aromatic nitrogens is 1. The molecule has 2 amide bonds. The fourth-order valence-electron chi connectivity index (χ4n) is 4.64. The number of halogens is 1. The molecule has 1 aliphatic heterocycles. The lowest BCUT2D eigenvalue weighted by Crippen LogP contribution is -3.00. The second-order valence-corrected chi connectivity index (χ2v) is 8.97. The largest absolute Gasteiger partial charge is 1.00 e. The summed E-state index contributed by atoms with van der Waals surface area (Å²) in [6.07, 6.45) is 2.10. The van der Waals surface area contributed by atoms with Crippen molar-refractivity contribution in [2.45, 2.75) is 60.2 Å². The zero-order chi connectivity index (χ0) is 23.5. The van der Waals surface area contributed by atoms with Crippen LogP contribution in [0, 0.1) is 27.7 Å².